The second-order valence-electron chi connectivity index (χ2n) is 8.03. The molecule has 8 heteroatoms. The first-order chi connectivity index (χ1) is 15.0. The Kier molecular flexibility index (Phi) is 6.29. The molecule has 31 heavy (non-hydrogen) atoms. The monoisotopic (exact) mass is 422 g/mol. The molecule has 0 saturated carbocycles. The van der Waals surface area contributed by atoms with Crippen LogP contribution < -0.4 is 20.7 Å². The Morgan fingerprint density at radius 1 is 1.16 bits per heavy atom. The van der Waals surface area contributed by atoms with Crippen LogP contribution in [-0.2, 0) is 16.1 Å². The van der Waals surface area contributed by atoms with Gasteiger partial charge in [-0.2, -0.15) is 0 Å². The van der Waals surface area contributed by atoms with E-state index in [-0.39, 0.29) is 18.0 Å². The Morgan fingerprint density at radius 3 is 2.65 bits per heavy atom. The molecule has 1 aliphatic heterocycles. The average Bonchev–Trinajstić information content (AvgIpc) is 2.75. The number of rotatable bonds is 6. The summed E-state index contributed by atoms with van der Waals surface area (Å²) in [6.45, 7) is 5.95. The van der Waals surface area contributed by atoms with Gasteiger partial charge in [-0.1, -0.05) is 6.07 Å². The topological polar surface area (TPSA) is 80.4 Å². The van der Waals surface area contributed by atoms with Crippen LogP contribution in [0, 0.1) is 6.92 Å². The lowest BCUT2D eigenvalue weighted by Gasteiger charge is -2.28. The number of pyridine rings is 1. The van der Waals surface area contributed by atoms with Gasteiger partial charge >= 0.3 is 0 Å². The van der Waals surface area contributed by atoms with Crippen LogP contribution in [0.15, 0.2) is 53.5 Å². The van der Waals surface area contributed by atoms with Crippen molar-refractivity contribution in [1.82, 2.24) is 9.38 Å². The molecule has 1 aromatic carbocycles. The number of carbonyl (C=O) groups excluding carboxylic acids is 1. The predicted octanol–water partition coefficient (Wildman–Crippen LogP) is 0.493. The molecule has 0 bridgehead atoms. The first-order valence-electron chi connectivity index (χ1n) is 10.5. The van der Waals surface area contributed by atoms with Gasteiger partial charge in [0.25, 0.3) is 11.5 Å². The number of nitrogens with zero attached hydrogens (tertiary/aromatic N) is 3. The lowest BCUT2D eigenvalue weighted by Crippen LogP contribution is -3.08. The number of aromatic nitrogens is 2. The number of hydrogen-bond donors (Lipinski definition) is 2. The fourth-order valence-electron chi connectivity index (χ4n) is 3.78. The number of aryl methyl sites for hydroxylation is 1. The van der Waals surface area contributed by atoms with Gasteiger partial charge in [-0.05, 0) is 42.8 Å². The van der Waals surface area contributed by atoms with E-state index >= 15 is 0 Å². The Labute approximate surface area is 181 Å². The molecule has 8 nitrogen and oxygen atoms in total. The van der Waals surface area contributed by atoms with Crippen LogP contribution in [-0.4, -0.2) is 55.2 Å². The number of quaternary nitrogens is 1. The summed E-state index contributed by atoms with van der Waals surface area (Å²) in [6, 6.07) is 13.2. The largest absolute Gasteiger partial charge is 0.378 e. The molecule has 162 valence electrons. The van der Waals surface area contributed by atoms with Crippen molar-refractivity contribution in [1.29, 1.82) is 0 Å². The van der Waals surface area contributed by atoms with E-state index in [9.17, 15) is 9.59 Å². The van der Waals surface area contributed by atoms with Crippen molar-refractivity contribution in [3.63, 3.8) is 0 Å². The highest BCUT2D eigenvalue weighted by Gasteiger charge is 2.14. The van der Waals surface area contributed by atoms with Crippen LogP contribution in [0.4, 0.5) is 11.4 Å². The van der Waals surface area contributed by atoms with E-state index in [1.165, 1.54) is 6.07 Å². The van der Waals surface area contributed by atoms with E-state index in [2.05, 4.69) is 15.2 Å². The minimum Gasteiger partial charge on any atom is -0.378 e. The summed E-state index contributed by atoms with van der Waals surface area (Å²) in [5.74, 6) is -0.0789. The normalized spacial score (nSPS) is 15.1. The summed E-state index contributed by atoms with van der Waals surface area (Å²) in [6.07, 6.45) is 1.78. The van der Waals surface area contributed by atoms with Crippen LogP contribution in [0.5, 0.6) is 0 Å². The summed E-state index contributed by atoms with van der Waals surface area (Å²) >= 11 is 0. The van der Waals surface area contributed by atoms with Crippen LogP contribution >= 0.6 is 0 Å². The molecule has 0 aliphatic carbocycles. The number of hydrogen-bond acceptors (Lipinski definition) is 5. The summed E-state index contributed by atoms with van der Waals surface area (Å²) in [4.78, 5) is 32.6. The second-order valence-corrected chi connectivity index (χ2v) is 8.03. The molecule has 3 aromatic rings. The molecule has 1 aliphatic rings. The Hall–Kier alpha value is -3.23. The SMILES string of the molecule is Cc1ccc2nc(C[NH+](C)CC(=O)Nc3ccc(N4CCOCC4)cc3)cc(=O)n2c1. The van der Waals surface area contributed by atoms with E-state index in [0.717, 1.165) is 48.1 Å². The van der Waals surface area contributed by atoms with E-state index in [4.69, 9.17) is 4.74 Å². The summed E-state index contributed by atoms with van der Waals surface area (Å²) < 4.78 is 6.93. The van der Waals surface area contributed by atoms with Crippen LogP contribution in [0.25, 0.3) is 5.65 Å². The maximum absolute atomic E-state index is 12.5. The van der Waals surface area contributed by atoms with Gasteiger partial charge in [0.05, 0.1) is 20.3 Å². The highest BCUT2D eigenvalue weighted by atomic mass is 16.5. The zero-order valence-corrected chi connectivity index (χ0v) is 17.9. The zero-order chi connectivity index (χ0) is 21.8. The van der Waals surface area contributed by atoms with Gasteiger partial charge in [-0.15, -0.1) is 0 Å². The van der Waals surface area contributed by atoms with Gasteiger partial charge in [0.1, 0.15) is 17.9 Å². The predicted molar refractivity (Wildman–Crippen MR) is 120 cm³/mol. The molecule has 4 rings (SSSR count). The third-order valence-corrected chi connectivity index (χ3v) is 5.33. The molecule has 1 saturated heterocycles. The first-order valence-corrected chi connectivity index (χ1v) is 10.5. The quantitative estimate of drug-likeness (QED) is 0.605. The number of nitrogens with one attached hydrogen (secondary N) is 2. The number of fused-ring (bicyclic) bond motifs is 1. The van der Waals surface area contributed by atoms with Crippen molar-refractivity contribution >= 4 is 22.9 Å². The standard InChI is InChI=1S/C23H27N5O3/c1-17-3-8-21-24-19(13-23(30)28(21)14-17)15-26(2)16-22(29)25-18-4-6-20(7-5-18)27-9-11-31-12-10-27/h3-8,13-14H,9-12,15-16H2,1-2H3,(H,25,29)/p+1. The second kappa shape index (κ2) is 9.28. The van der Waals surface area contributed by atoms with Gasteiger partial charge in [0.15, 0.2) is 6.54 Å². The lowest BCUT2D eigenvalue weighted by molar-refractivity contribution is -0.885. The molecule has 1 atom stereocenters. The third kappa shape index (κ3) is 5.28. The number of carbonyl (C=O) groups is 1. The average molecular weight is 423 g/mol. The molecule has 0 radical (unpaired) electrons. The van der Waals surface area contributed by atoms with Crippen LogP contribution in [0.2, 0.25) is 0 Å². The number of anilines is 2. The van der Waals surface area contributed by atoms with E-state index < -0.39 is 0 Å². The smallest absolute Gasteiger partial charge is 0.279 e. The molecule has 1 unspecified atom stereocenters. The van der Waals surface area contributed by atoms with E-state index in [0.29, 0.717) is 17.9 Å². The van der Waals surface area contributed by atoms with Crippen molar-refractivity contribution in [2.45, 2.75) is 13.5 Å². The molecule has 2 N–H and O–H groups in total. The molecule has 1 amide bonds. The molecule has 1 fully saturated rings. The summed E-state index contributed by atoms with van der Waals surface area (Å²) in [5, 5.41) is 2.95. The fraction of sp³-hybridized carbons (Fsp3) is 0.348. The number of likely N-dealkylation sites (N-methyl/N-ethyl adjacent to an activating group) is 1. The Balaban J connectivity index is 1.34. The fourth-order valence-corrected chi connectivity index (χ4v) is 3.78. The maximum Gasteiger partial charge on any atom is 0.279 e. The van der Waals surface area contributed by atoms with Crippen molar-refractivity contribution in [2.24, 2.45) is 0 Å². The molecule has 0 spiro atoms. The number of amides is 1. The van der Waals surface area contributed by atoms with Gasteiger partial charge in [0, 0.05) is 36.7 Å². The Morgan fingerprint density at radius 2 is 1.90 bits per heavy atom. The van der Waals surface area contributed by atoms with E-state index in [1.54, 1.807) is 10.6 Å². The van der Waals surface area contributed by atoms with Gasteiger partial charge in [-0.25, -0.2) is 4.98 Å². The van der Waals surface area contributed by atoms with Gasteiger partial charge in [0.2, 0.25) is 0 Å². The van der Waals surface area contributed by atoms with Crippen molar-refractivity contribution in [3.05, 3.63) is 70.3 Å². The first kappa shape index (κ1) is 21.0. The summed E-state index contributed by atoms with van der Waals surface area (Å²) in [7, 11) is 1.92. The molecule has 3 heterocycles. The van der Waals surface area contributed by atoms with E-state index in [1.807, 2.05) is 50.4 Å². The van der Waals surface area contributed by atoms with Gasteiger partial charge in [-0.3, -0.25) is 14.0 Å². The molecular formula is C23H28N5O3+. The Bertz CT molecular complexity index is 1120. The number of morpholine rings is 1. The lowest BCUT2D eigenvalue weighted by atomic mass is 10.2. The molecular weight excluding hydrogens is 394 g/mol. The number of ether oxygens (including phenoxy) is 1. The van der Waals surface area contributed by atoms with Gasteiger partial charge < -0.3 is 19.9 Å². The minimum atomic E-state index is -0.110. The van der Waals surface area contributed by atoms with Crippen molar-refractivity contribution < 1.29 is 14.4 Å². The minimum absolute atomic E-state index is 0.0789. The molecule has 2 aromatic heterocycles. The highest BCUT2D eigenvalue weighted by molar-refractivity contribution is 5.91. The van der Waals surface area contributed by atoms with Crippen molar-refractivity contribution in [3.8, 4) is 0 Å². The third-order valence-electron chi connectivity index (χ3n) is 5.33. The zero-order valence-electron chi connectivity index (χ0n) is 17.9. The maximum atomic E-state index is 12.5. The summed E-state index contributed by atoms with van der Waals surface area (Å²) in [5.41, 5.74) is 4.09. The van der Waals surface area contributed by atoms with Crippen LogP contribution in [0.3, 0.4) is 0 Å². The number of benzene rings is 1. The van der Waals surface area contributed by atoms with Crippen molar-refractivity contribution in [2.75, 3.05) is 50.1 Å². The highest BCUT2D eigenvalue weighted by Crippen LogP contribution is 2.18. The van der Waals surface area contributed by atoms with Crippen LogP contribution in [0.1, 0.15) is 11.3 Å².